The van der Waals surface area contributed by atoms with Gasteiger partial charge in [0.05, 0.1) is 6.26 Å². The van der Waals surface area contributed by atoms with Crippen molar-refractivity contribution in [2.75, 3.05) is 6.61 Å². The lowest BCUT2D eigenvalue weighted by Gasteiger charge is -2.19. The van der Waals surface area contributed by atoms with Crippen LogP contribution in [0.15, 0.2) is 12.8 Å². The first-order valence-corrected chi connectivity index (χ1v) is 3.49. The molecule has 0 bridgehead atoms. The molecule has 0 atom stereocenters. The van der Waals surface area contributed by atoms with Crippen LogP contribution >= 0.6 is 0 Å². The maximum atomic E-state index is 10.9. The summed E-state index contributed by atoms with van der Waals surface area (Å²) in [4.78, 5) is 10.9. The molecule has 0 rings (SSSR count). The minimum absolute atomic E-state index is 0.0424. The van der Waals surface area contributed by atoms with E-state index in [1.54, 1.807) is 0 Å². The highest BCUT2D eigenvalue weighted by Gasteiger charge is 2.12. The average molecular weight is 157 g/mol. The third-order valence-electron chi connectivity index (χ3n) is 0.847. The van der Waals surface area contributed by atoms with Crippen molar-refractivity contribution in [2.24, 2.45) is 0 Å². The zero-order valence-corrected chi connectivity index (χ0v) is 7.31. The summed E-state index contributed by atoms with van der Waals surface area (Å²) in [5, 5.41) is 2.74. The van der Waals surface area contributed by atoms with Crippen molar-refractivity contribution in [1.29, 1.82) is 0 Å². The van der Waals surface area contributed by atoms with Crippen LogP contribution in [0.4, 0.5) is 0 Å². The Hall–Kier alpha value is -0.990. The molecule has 0 aromatic heterocycles. The van der Waals surface area contributed by atoms with Crippen LogP contribution in [-0.4, -0.2) is 18.1 Å². The van der Waals surface area contributed by atoms with Gasteiger partial charge in [0.1, 0.15) is 0 Å². The number of nitrogens with one attached hydrogen (secondary N) is 1. The summed E-state index contributed by atoms with van der Waals surface area (Å²) in [5.41, 5.74) is -0.193. The van der Waals surface area contributed by atoms with Crippen LogP contribution in [0.1, 0.15) is 20.8 Å². The highest BCUT2D eigenvalue weighted by Crippen LogP contribution is 1.97. The van der Waals surface area contributed by atoms with Crippen molar-refractivity contribution in [3.05, 3.63) is 12.8 Å². The van der Waals surface area contributed by atoms with Gasteiger partial charge in [0.25, 0.3) is 5.91 Å². The topological polar surface area (TPSA) is 38.3 Å². The lowest BCUT2D eigenvalue weighted by atomic mass is 10.1. The number of ether oxygens (including phenoxy) is 1. The normalized spacial score (nSPS) is 10.5. The summed E-state index contributed by atoms with van der Waals surface area (Å²) in [6.45, 7) is 9.12. The van der Waals surface area contributed by atoms with Gasteiger partial charge >= 0.3 is 0 Å². The van der Waals surface area contributed by atoms with Crippen LogP contribution in [0.2, 0.25) is 0 Å². The maximum Gasteiger partial charge on any atom is 0.258 e. The van der Waals surface area contributed by atoms with Crippen molar-refractivity contribution in [3.63, 3.8) is 0 Å². The molecule has 0 aliphatic rings. The van der Waals surface area contributed by atoms with Gasteiger partial charge in [-0.05, 0) is 20.8 Å². The van der Waals surface area contributed by atoms with E-state index in [9.17, 15) is 4.79 Å². The summed E-state index contributed by atoms with van der Waals surface area (Å²) < 4.78 is 4.69. The molecule has 0 fully saturated rings. The van der Waals surface area contributed by atoms with E-state index in [0.29, 0.717) is 0 Å². The summed E-state index contributed by atoms with van der Waals surface area (Å²) in [7, 11) is 0. The average Bonchev–Trinajstić information content (AvgIpc) is 1.79. The molecule has 0 radical (unpaired) electrons. The fraction of sp³-hybridized carbons (Fsp3) is 0.625. The molecule has 0 heterocycles. The largest absolute Gasteiger partial charge is 0.492 e. The second-order valence-corrected chi connectivity index (χ2v) is 3.28. The number of carbonyl (C=O) groups is 1. The third-order valence-corrected chi connectivity index (χ3v) is 0.847. The van der Waals surface area contributed by atoms with E-state index < -0.39 is 0 Å². The molecular formula is C8H15NO2. The van der Waals surface area contributed by atoms with Gasteiger partial charge in [0, 0.05) is 5.54 Å². The quantitative estimate of drug-likeness (QED) is 0.622. The predicted octanol–water partition coefficient (Wildman–Crippen LogP) is 1.06. The van der Waals surface area contributed by atoms with Gasteiger partial charge in [-0.15, -0.1) is 0 Å². The van der Waals surface area contributed by atoms with Gasteiger partial charge in [-0.2, -0.15) is 0 Å². The Balaban J connectivity index is 3.61. The number of hydrogen-bond acceptors (Lipinski definition) is 2. The van der Waals surface area contributed by atoms with E-state index in [-0.39, 0.29) is 18.1 Å². The van der Waals surface area contributed by atoms with Gasteiger partial charge in [0.2, 0.25) is 0 Å². The molecule has 0 aromatic rings. The summed E-state index contributed by atoms with van der Waals surface area (Å²) in [6.07, 6.45) is 1.25. The molecular weight excluding hydrogens is 142 g/mol. The first-order valence-electron chi connectivity index (χ1n) is 3.49. The minimum atomic E-state index is -0.193. The molecule has 1 amide bonds. The number of amides is 1. The van der Waals surface area contributed by atoms with E-state index in [2.05, 4.69) is 11.9 Å². The van der Waals surface area contributed by atoms with E-state index in [4.69, 9.17) is 4.74 Å². The Morgan fingerprint density at radius 2 is 2.18 bits per heavy atom. The van der Waals surface area contributed by atoms with Crippen LogP contribution in [0.25, 0.3) is 0 Å². The van der Waals surface area contributed by atoms with Crippen molar-refractivity contribution in [1.82, 2.24) is 5.32 Å². The molecule has 0 aliphatic carbocycles. The number of carbonyl (C=O) groups excluding carboxylic acids is 1. The van der Waals surface area contributed by atoms with E-state index in [1.807, 2.05) is 20.8 Å². The monoisotopic (exact) mass is 157 g/mol. The molecule has 11 heavy (non-hydrogen) atoms. The molecule has 0 aliphatic heterocycles. The molecule has 0 saturated heterocycles. The number of hydrogen-bond donors (Lipinski definition) is 1. The first kappa shape index (κ1) is 10.0. The molecule has 64 valence electrons. The molecule has 0 saturated carbocycles. The zero-order chi connectivity index (χ0) is 8.91. The first-order chi connectivity index (χ1) is 4.95. The van der Waals surface area contributed by atoms with Gasteiger partial charge in [0.15, 0.2) is 6.61 Å². The second-order valence-electron chi connectivity index (χ2n) is 3.28. The smallest absolute Gasteiger partial charge is 0.258 e. The molecule has 0 unspecified atom stereocenters. The Kier molecular flexibility index (Phi) is 3.65. The summed E-state index contributed by atoms with van der Waals surface area (Å²) in [5.74, 6) is -0.127. The highest BCUT2D eigenvalue weighted by molar-refractivity contribution is 5.77. The third kappa shape index (κ3) is 6.90. The van der Waals surface area contributed by atoms with E-state index in [0.717, 1.165) is 0 Å². The fourth-order valence-electron chi connectivity index (χ4n) is 0.589. The summed E-state index contributed by atoms with van der Waals surface area (Å²) >= 11 is 0. The molecule has 0 aromatic carbocycles. The van der Waals surface area contributed by atoms with Crippen LogP contribution in [0.3, 0.4) is 0 Å². The van der Waals surface area contributed by atoms with Gasteiger partial charge in [-0.1, -0.05) is 6.58 Å². The Morgan fingerprint density at radius 3 is 2.55 bits per heavy atom. The fourth-order valence-corrected chi connectivity index (χ4v) is 0.589. The lowest BCUT2D eigenvalue weighted by molar-refractivity contribution is -0.125. The maximum absolute atomic E-state index is 10.9. The predicted molar refractivity (Wildman–Crippen MR) is 44.0 cm³/mol. The van der Waals surface area contributed by atoms with Crippen molar-refractivity contribution in [3.8, 4) is 0 Å². The van der Waals surface area contributed by atoms with Crippen LogP contribution < -0.4 is 5.32 Å². The Labute approximate surface area is 67.4 Å². The Morgan fingerprint density at radius 1 is 1.64 bits per heavy atom. The van der Waals surface area contributed by atoms with Crippen molar-refractivity contribution in [2.45, 2.75) is 26.3 Å². The molecule has 3 nitrogen and oxygen atoms in total. The SMILES string of the molecule is C=COCC(=O)NC(C)(C)C. The summed E-state index contributed by atoms with van der Waals surface area (Å²) in [6, 6.07) is 0. The van der Waals surface area contributed by atoms with Gasteiger partial charge in [-0.3, -0.25) is 4.79 Å². The molecule has 1 N–H and O–H groups in total. The van der Waals surface area contributed by atoms with Crippen LogP contribution in [-0.2, 0) is 9.53 Å². The minimum Gasteiger partial charge on any atom is -0.492 e. The second kappa shape index (κ2) is 4.01. The zero-order valence-electron chi connectivity index (χ0n) is 7.31. The van der Waals surface area contributed by atoms with E-state index in [1.165, 1.54) is 6.26 Å². The van der Waals surface area contributed by atoms with E-state index >= 15 is 0 Å². The number of rotatable bonds is 3. The van der Waals surface area contributed by atoms with Crippen LogP contribution in [0, 0.1) is 0 Å². The molecule has 0 spiro atoms. The Bertz CT molecular complexity index is 147. The van der Waals surface area contributed by atoms with Crippen molar-refractivity contribution < 1.29 is 9.53 Å². The molecule has 3 heteroatoms. The van der Waals surface area contributed by atoms with Gasteiger partial charge < -0.3 is 10.1 Å². The highest BCUT2D eigenvalue weighted by atomic mass is 16.5. The van der Waals surface area contributed by atoms with Gasteiger partial charge in [-0.25, -0.2) is 0 Å². The standard InChI is InChI=1S/C8H15NO2/c1-5-11-6-7(10)9-8(2,3)4/h5H,1,6H2,2-4H3,(H,9,10). The lowest BCUT2D eigenvalue weighted by Crippen LogP contribution is -2.42. The van der Waals surface area contributed by atoms with Crippen LogP contribution in [0.5, 0.6) is 0 Å². The van der Waals surface area contributed by atoms with Crippen molar-refractivity contribution >= 4 is 5.91 Å².